The number of thiophene rings is 1. The zero-order valence-corrected chi connectivity index (χ0v) is 40.5. The fraction of sp³-hybridized carbons (Fsp3) is 0.226. The molecule has 0 amide bonds. The molecular weight excluding hydrogens is 816 g/mol. The number of benzene rings is 8. The van der Waals surface area contributed by atoms with Gasteiger partial charge in [-0.1, -0.05) is 160 Å². The fourth-order valence-electron chi connectivity index (χ4n) is 12.0. The van der Waals surface area contributed by atoms with Crippen LogP contribution in [0.4, 0.5) is 11.4 Å². The van der Waals surface area contributed by atoms with E-state index < -0.39 is 0 Å². The summed E-state index contributed by atoms with van der Waals surface area (Å²) in [6.07, 6.45) is 0. The van der Waals surface area contributed by atoms with Gasteiger partial charge in [-0.15, -0.1) is 11.3 Å². The molecule has 0 spiro atoms. The molecule has 4 heteroatoms. The van der Waals surface area contributed by atoms with Crippen molar-refractivity contribution in [2.75, 3.05) is 5.32 Å². The number of fused-ring (bicyclic) bond motifs is 14. The lowest BCUT2D eigenvalue weighted by molar-refractivity contribution is 0.589. The number of rotatable bonds is 3. The summed E-state index contributed by atoms with van der Waals surface area (Å²) < 4.78 is 5.28. The van der Waals surface area contributed by atoms with Crippen LogP contribution in [-0.4, -0.2) is 11.8 Å². The van der Waals surface area contributed by atoms with Gasteiger partial charge in [-0.05, 0) is 132 Å². The minimum atomic E-state index is -0.162. The van der Waals surface area contributed by atoms with E-state index in [2.05, 4.69) is 226 Å². The molecule has 0 fully saturated rings. The van der Waals surface area contributed by atoms with Crippen LogP contribution in [0.2, 0.25) is 0 Å². The van der Waals surface area contributed by atoms with Crippen LogP contribution >= 0.6 is 11.3 Å². The van der Waals surface area contributed by atoms with Gasteiger partial charge in [0, 0.05) is 69.9 Å². The van der Waals surface area contributed by atoms with E-state index in [1.54, 1.807) is 0 Å². The highest BCUT2D eigenvalue weighted by Crippen LogP contribution is 2.54. The van der Waals surface area contributed by atoms with Crippen LogP contribution in [0, 0.1) is 0 Å². The fourth-order valence-corrected chi connectivity index (χ4v) is 13.1. The second-order valence-corrected chi connectivity index (χ2v) is 23.6. The zero-order valence-electron chi connectivity index (χ0n) is 39.7. The lowest BCUT2D eigenvalue weighted by Gasteiger charge is -2.26. The molecule has 2 nitrogen and oxygen atoms in total. The Morgan fingerprint density at radius 1 is 0.485 bits per heavy atom. The third kappa shape index (κ3) is 5.48. The summed E-state index contributed by atoms with van der Waals surface area (Å²) in [4.78, 5) is 0. The maximum Gasteiger partial charge on any atom is 0.197 e. The van der Waals surface area contributed by atoms with Crippen molar-refractivity contribution in [3.63, 3.8) is 0 Å². The number of anilines is 2. The number of hydrogen-bond donors (Lipinski definition) is 1. The van der Waals surface area contributed by atoms with Gasteiger partial charge in [0.1, 0.15) is 0 Å². The van der Waals surface area contributed by atoms with Crippen LogP contribution < -0.4 is 16.2 Å². The van der Waals surface area contributed by atoms with Crippen LogP contribution in [-0.2, 0) is 21.7 Å². The van der Waals surface area contributed by atoms with Gasteiger partial charge in [-0.3, -0.25) is 0 Å². The number of aromatic nitrogens is 1. The third-order valence-corrected chi connectivity index (χ3v) is 16.9. The summed E-state index contributed by atoms with van der Waals surface area (Å²) in [5.74, 6) is 0. The molecule has 321 valence electrons. The van der Waals surface area contributed by atoms with Crippen molar-refractivity contribution in [1.29, 1.82) is 0 Å². The molecule has 1 aliphatic heterocycles. The quantitative estimate of drug-likeness (QED) is 0.175. The number of nitrogens with one attached hydrogen (secondary N) is 1. The lowest BCUT2D eigenvalue weighted by atomic mass is 9.59. The highest BCUT2D eigenvalue weighted by atomic mass is 32.1. The van der Waals surface area contributed by atoms with Gasteiger partial charge < -0.3 is 9.88 Å². The predicted molar refractivity (Wildman–Crippen MR) is 286 cm³/mol. The van der Waals surface area contributed by atoms with Gasteiger partial charge in [-0.2, -0.15) is 0 Å². The van der Waals surface area contributed by atoms with Gasteiger partial charge in [0.15, 0.2) is 7.28 Å². The topological polar surface area (TPSA) is 17.0 Å². The molecule has 13 rings (SSSR count). The monoisotopic (exact) mass is 869 g/mol. The Morgan fingerprint density at radius 3 is 1.92 bits per heavy atom. The van der Waals surface area contributed by atoms with Crippen molar-refractivity contribution < 1.29 is 0 Å². The normalized spacial score (nSPS) is 15.2. The first kappa shape index (κ1) is 40.0. The Bertz CT molecular complexity index is 3770. The van der Waals surface area contributed by atoms with Crippen molar-refractivity contribution in [1.82, 2.24) is 4.57 Å². The first-order chi connectivity index (χ1) is 31.5. The zero-order chi connectivity index (χ0) is 45.4. The molecule has 2 aliphatic carbocycles. The van der Waals surface area contributed by atoms with Crippen LogP contribution in [0.25, 0.3) is 81.0 Å². The molecule has 0 saturated carbocycles. The summed E-state index contributed by atoms with van der Waals surface area (Å²) in [6.45, 7) is 23.4. The molecule has 2 aromatic heterocycles. The minimum absolute atomic E-state index is 0.0355. The first-order valence-corrected chi connectivity index (χ1v) is 24.6. The van der Waals surface area contributed by atoms with Crippen LogP contribution in [0.5, 0.6) is 0 Å². The maximum absolute atomic E-state index is 4.03. The van der Waals surface area contributed by atoms with Crippen molar-refractivity contribution in [2.24, 2.45) is 0 Å². The largest absolute Gasteiger partial charge is 0.355 e. The third-order valence-electron chi connectivity index (χ3n) is 15.7. The Kier molecular flexibility index (Phi) is 7.97. The molecule has 66 heavy (non-hydrogen) atoms. The smallest absolute Gasteiger partial charge is 0.197 e. The van der Waals surface area contributed by atoms with E-state index in [1.807, 2.05) is 11.3 Å². The summed E-state index contributed by atoms with van der Waals surface area (Å²) in [7, 11) is 2.51. The van der Waals surface area contributed by atoms with E-state index in [1.165, 1.54) is 125 Å². The van der Waals surface area contributed by atoms with Crippen LogP contribution in [0.3, 0.4) is 0 Å². The summed E-state index contributed by atoms with van der Waals surface area (Å²) in [5.41, 5.74) is 24.5. The standard InChI is InChI=1S/C62H54BN2S/c1-59(2,3)34-19-22-36(23-20-34)64-52-31-49-43(41-27-35(60(4,5)6)21-26-48(41)62(49,9)10)28-44(52)39-24-25-40-45-29-42-37-15-11-13-17-47(37)61(7,8)50(42)32-53(45)65-54-30-46-38-16-12-14-18-55(38)66-56(46)33-51(54)63-57(39)58(40)65/h11-33,64H,1-10H3. The molecular formula is C62H54BN2S. The van der Waals surface area contributed by atoms with Crippen molar-refractivity contribution in [2.45, 2.75) is 90.9 Å². The summed E-state index contributed by atoms with van der Waals surface area (Å²) in [5, 5.41) is 9.27. The van der Waals surface area contributed by atoms with Crippen molar-refractivity contribution in [3.05, 3.63) is 173 Å². The second kappa shape index (κ2) is 13.2. The van der Waals surface area contributed by atoms with Crippen LogP contribution in [0.1, 0.15) is 103 Å². The summed E-state index contributed by atoms with van der Waals surface area (Å²) >= 11 is 1.90. The van der Waals surface area contributed by atoms with Gasteiger partial charge in [0.05, 0.1) is 5.52 Å². The Balaban J connectivity index is 1.11. The van der Waals surface area contributed by atoms with E-state index in [9.17, 15) is 0 Å². The van der Waals surface area contributed by atoms with Crippen molar-refractivity contribution in [3.8, 4) is 39.1 Å². The minimum Gasteiger partial charge on any atom is -0.355 e. The van der Waals surface area contributed by atoms with Gasteiger partial charge in [0.25, 0.3) is 0 Å². The van der Waals surface area contributed by atoms with E-state index in [4.69, 9.17) is 0 Å². The number of nitrogens with zero attached hydrogens (tertiary/aromatic N) is 1. The molecule has 1 N–H and O–H groups in total. The predicted octanol–water partition coefficient (Wildman–Crippen LogP) is 15.7. The number of hydrogen-bond acceptors (Lipinski definition) is 2. The lowest BCUT2D eigenvalue weighted by Crippen LogP contribution is -2.37. The highest BCUT2D eigenvalue weighted by Gasteiger charge is 2.39. The molecule has 3 aliphatic rings. The SMILES string of the molecule is CC(C)(C)c1ccc(Nc2cc3c(cc2-c2ccc4c5cc6c(cc5n5c4c2[B]c2cc4sc7ccccc7c4cc2-5)C(C)(C)c2ccccc2-6)-c2cc(C(C)(C)C)ccc2C3(C)C)cc1. The molecule has 0 saturated heterocycles. The molecule has 0 unspecified atom stereocenters. The van der Waals surface area contributed by atoms with Gasteiger partial charge in [-0.25, -0.2) is 0 Å². The van der Waals surface area contributed by atoms with Gasteiger partial charge >= 0.3 is 0 Å². The van der Waals surface area contributed by atoms with E-state index in [0.29, 0.717) is 0 Å². The average Bonchev–Trinajstić information content (AvgIpc) is 3.95. The van der Waals surface area contributed by atoms with E-state index in [0.717, 1.165) is 11.4 Å². The Morgan fingerprint density at radius 2 is 1.15 bits per heavy atom. The molecule has 0 bridgehead atoms. The Hall–Kier alpha value is -6.36. The highest BCUT2D eigenvalue weighted by molar-refractivity contribution is 7.26. The molecule has 10 aromatic rings. The molecule has 8 aromatic carbocycles. The molecule has 1 radical (unpaired) electrons. The molecule has 3 heterocycles. The maximum atomic E-state index is 4.03. The van der Waals surface area contributed by atoms with Crippen molar-refractivity contribution >= 4 is 82.9 Å². The summed E-state index contributed by atoms with van der Waals surface area (Å²) in [6, 6.07) is 54.1. The van der Waals surface area contributed by atoms with E-state index in [-0.39, 0.29) is 21.7 Å². The van der Waals surface area contributed by atoms with Gasteiger partial charge in [0.2, 0.25) is 0 Å². The van der Waals surface area contributed by atoms with E-state index >= 15 is 0 Å². The molecule has 0 atom stereocenters. The average molecular weight is 870 g/mol. The first-order valence-electron chi connectivity index (χ1n) is 23.7. The second-order valence-electron chi connectivity index (χ2n) is 22.5. The van der Waals surface area contributed by atoms with Crippen LogP contribution in [0.15, 0.2) is 140 Å². The Labute approximate surface area is 393 Å².